The van der Waals surface area contributed by atoms with Gasteiger partial charge in [0.15, 0.2) is 0 Å². The van der Waals surface area contributed by atoms with Gasteiger partial charge in [-0.15, -0.1) is 0 Å². The van der Waals surface area contributed by atoms with Crippen molar-refractivity contribution in [3.63, 3.8) is 0 Å². The number of rotatable bonds is 6. The van der Waals surface area contributed by atoms with Gasteiger partial charge in [0.05, 0.1) is 16.6 Å². The van der Waals surface area contributed by atoms with E-state index in [0.717, 1.165) is 4.47 Å². The molecule has 3 aromatic rings. The average Bonchev–Trinajstić information content (AvgIpc) is 2.72. The number of nitrogens with zero attached hydrogens (tertiary/aromatic N) is 2. The summed E-state index contributed by atoms with van der Waals surface area (Å²) in [6.45, 7) is 0.151. The van der Waals surface area contributed by atoms with Gasteiger partial charge in [-0.25, -0.2) is 0 Å². The molecule has 0 N–H and O–H groups in total. The van der Waals surface area contributed by atoms with Crippen molar-refractivity contribution in [1.29, 1.82) is 5.26 Å². The van der Waals surface area contributed by atoms with Crippen molar-refractivity contribution in [3.8, 4) is 11.8 Å². The van der Waals surface area contributed by atoms with Crippen molar-refractivity contribution in [2.75, 3.05) is 0 Å². The molecule has 7 heteroatoms. The van der Waals surface area contributed by atoms with Crippen LogP contribution >= 0.6 is 27.5 Å². The number of nitro groups is 1. The van der Waals surface area contributed by atoms with Crippen LogP contribution in [0.5, 0.6) is 5.75 Å². The van der Waals surface area contributed by atoms with Crippen molar-refractivity contribution < 1.29 is 9.66 Å². The second kappa shape index (κ2) is 9.37. The largest absolute Gasteiger partial charge is 0.488 e. The number of allylic oxidation sites excluding steroid dienone is 1. The van der Waals surface area contributed by atoms with Gasteiger partial charge in [-0.2, -0.15) is 5.26 Å². The maximum Gasteiger partial charge on any atom is 0.269 e. The van der Waals surface area contributed by atoms with Crippen LogP contribution < -0.4 is 4.74 Å². The first-order valence-electron chi connectivity index (χ1n) is 8.50. The van der Waals surface area contributed by atoms with Crippen LogP contribution in [0.3, 0.4) is 0 Å². The maximum atomic E-state index is 10.9. The van der Waals surface area contributed by atoms with Gasteiger partial charge in [-0.3, -0.25) is 10.1 Å². The fourth-order valence-electron chi connectivity index (χ4n) is 2.69. The number of hydrogen-bond acceptors (Lipinski definition) is 4. The van der Waals surface area contributed by atoms with E-state index in [0.29, 0.717) is 33.0 Å². The molecular formula is C22H14BrClN2O3. The van der Waals surface area contributed by atoms with E-state index in [1.807, 2.05) is 18.2 Å². The maximum absolute atomic E-state index is 10.9. The number of ether oxygens (including phenoxy) is 1. The molecule has 3 aromatic carbocycles. The van der Waals surface area contributed by atoms with Crippen LogP contribution in [-0.4, -0.2) is 4.92 Å². The Hall–Kier alpha value is -3.14. The van der Waals surface area contributed by atoms with Crippen molar-refractivity contribution in [2.24, 2.45) is 0 Å². The zero-order chi connectivity index (χ0) is 20.8. The zero-order valence-corrected chi connectivity index (χ0v) is 17.4. The number of nitro benzene ring substituents is 1. The van der Waals surface area contributed by atoms with E-state index in [1.54, 1.807) is 42.5 Å². The summed E-state index contributed by atoms with van der Waals surface area (Å²) in [5.74, 6) is 0.541. The highest BCUT2D eigenvalue weighted by Gasteiger charge is 2.10. The molecule has 5 nitrogen and oxygen atoms in total. The quantitative estimate of drug-likeness (QED) is 0.175. The molecule has 0 aromatic heterocycles. The molecular weight excluding hydrogens is 456 g/mol. The second-order valence-corrected chi connectivity index (χ2v) is 7.37. The molecule has 0 saturated carbocycles. The summed E-state index contributed by atoms with van der Waals surface area (Å²) >= 11 is 9.66. The first-order valence-corrected chi connectivity index (χ1v) is 9.67. The fourth-order valence-corrected chi connectivity index (χ4v) is 3.31. The van der Waals surface area contributed by atoms with Crippen molar-refractivity contribution in [1.82, 2.24) is 0 Å². The summed E-state index contributed by atoms with van der Waals surface area (Å²) in [6.07, 6.45) is 1.70. The molecule has 0 radical (unpaired) electrons. The SMILES string of the molecule is N#CC(=Cc1cc(Br)ccc1OCc1cccc([N+](=O)[O-])c1)c1ccccc1Cl. The van der Waals surface area contributed by atoms with E-state index < -0.39 is 4.92 Å². The predicted octanol–water partition coefficient (Wildman–Crippen LogP) is 6.65. The van der Waals surface area contributed by atoms with Crippen molar-refractivity contribution in [3.05, 3.63) is 103 Å². The molecule has 29 heavy (non-hydrogen) atoms. The lowest BCUT2D eigenvalue weighted by atomic mass is 10.0. The molecule has 0 bridgehead atoms. The third-order valence-electron chi connectivity index (χ3n) is 4.07. The highest BCUT2D eigenvalue weighted by molar-refractivity contribution is 9.10. The Morgan fingerprint density at radius 3 is 2.69 bits per heavy atom. The van der Waals surface area contributed by atoms with Gasteiger partial charge in [-0.1, -0.05) is 57.9 Å². The Morgan fingerprint density at radius 2 is 1.97 bits per heavy atom. The average molecular weight is 470 g/mol. The molecule has 0 fully saturated rings. The Balaban J connectivity index is 1.92. The predicted molar refractivity (Wildman–Crippen MR) is 117 cm³/mol. The number of nitriles is 1. The summed E-state index contributed by atoms with van der Waals surface area (Å²) < 4.78 is 6.72. The molecule has 0 atom stereocenters. The third-order valence-corrected chi connectivity index (χ3v) is 4.89. The van der Waals surface area contributed by atoms with Crippen LogP contribution in [0.4, 0.5) is 5.69 Å². The fraction of sp³-hybridized carbons (Fsp3) is 0.0455. The van der Waals surface area contributed by atoms with Gasteiger partial charge in [0, 0.05) is 32.8 Å². The molecule has 3 rings (SSSR count). The lowest BCUT2D eigenvalue weighted by molar-refractivity contribution is -0.384. The molecule has 0 spiro atoms. The van der Waals surface area contributed by atoms with Crippen LogP contribution in [0.25, 0.3) is 11.6 Å². The van der Waals surface area contributed by atoms with E-state index >= 15 is 0 Å². The first-order chi connectivity index (χ1) is 14.0. The first kappa shape index (κ1) is 20.6. The second-order valence-electron chi connectivity index (χ2n) is 6.05. The monoisotopic (exact) mass is 468 g/mol. The van der Waals surface area contributed by atoms with Gasteiger partial charge in [-0.05, 0) is 35.9 Å². The van der Waals surface area contributed by atoms with Gasteiger partial charge in [0.1, 0.15) is 12.4 Å². The van der Waals surface area contributed by atoms with E-state index in [-0.39, 0.29) is 12.3 Å². The summed E-state index contributed by atoms with van der Waals surface area (Å²) in [7, 11) is 0. The van der Waals surface area contributed by atoms with E-state index in [2.05, 4.69) is 22.0 Å². The smallest absolute Gasteiger partial charge is 0.269 e. The van der Waals surface area contributed by atoms with E-state index in [1.165, 1.54) is 12.1 Å². The van der Waals surface area contributed by atoms with Crippen LogP contribution in [0, 0.1) is 21.4 Å². The number of hydrogen-bond donors (Lipinski definition) is 0. The van der Waals surface area contributed by atoms with Crippen LogP contribution in [0.1, 0.15) is 16.7 Å². The summed E-state index contributed by atoms with van der Waals surface area (Å²) in [4.78, 5) is 10.5. The van der Waals surface area contributed by atoms with E-state index in [4.69, 9.17) is 16.3 Å². The van der Waals surface area contributed by atoms with Gasteiger partial charge in [0.2, 0.25) is 0 Å². The normalized spacial score (nSPS) is 11.0. The Bertz CT molecular complexity index is 1140. The van der Waals surface area contributed by atoms with Crippen molar-refractivity contribution >= 4 is 44.9 Å². The minimum Gasteiger partial charge on any atom is -0.488 e. The number of halogens is 2. The minimum absolute atomic E-state index is 0.00696. The number of non-ortho nitro benzene ring substituents is 1. The Kier molecular flexibility index (Phi) is 6.65. The molecule has 0 aliphatic heterocycles. The topological polar surface area (TPSA) is 76.2 Å². The number of benzene rings is 3. The lowest BCUT2D eigenvalue weighted by Gasteiger charge is -2.11. The van der Waals surface area contributed by atoms with Crippen LogP contribution in [0.15, 0.2) is 71.2 Å². The van der Waals surface area contributed by atoms with E-state index in [9.17, 15) is 15.4 Å². The molecule has 0 unspecified atom stereocenters. The molecule has 0 amide bonds. The molecule has 144 valence electrons. The van der Waals surface area contributed by atoms with Gasteiger partial charge in [0.25, 0.3) is 5.69 Å². The third kappa shape index (κ3) is 5.23. The lowest BCUT2D eigenvalue weighted by Crippen LogP contribution is -1.98. The summed E-state index contributed by atoms with van der Waals surface area (Å²) in [5, 5.41) is 21.0. The highest BCUT2D eigenvalue weighted by atomic mass is 79.9. The molecule has 0 aliphatic carbocycles. The molecule has 0 aliphatic rings. The Labute approximate surface area is 181 Å². The zero-order valence-electron chi connectivity index (χ0n) is 15.0. The molecule has 0 heterocycles. The minimum atomic E-state index is -0.444. The summed E-state index contributed by atoms with van der Waals surface area (Å²) in [6, 6.07) is 21.0. The van der Waals surface area contributed by atoms with Crippen LogP contribution in [-0.2, 0) is 6.61 Å². The molecule has 0 saturated heterocycles. The Morgan fingerprint density at radius 1 is 1.17 bits per heavy atom. The standard InChI is InChI=1S/C22H14BrClN2O3/c23-18-8-9-22(29-14-15-4-3-5-19(10-15)26(27)28)16(12-18)11-17(13-25)20-6-1-2-7-21(20)24/h1-12H,14H2. The van der Waals surface area contributed by atoms with Gasteiger partial charge < -0.3 is 4.74 Å². The van der Waals surface area contributed by atoms with Crippen LogP contribution in [0.2, 0.25) is 5.02 Å². The highest BCUT2D eigenvalue weighted by Crippen LogP contribution is 2.31. The van der Waals surface area contributed by atoms with Gasteiger partial charge >= 0.3 is 0 Å². The summed E-state index contributed by atoms with van der Waals surface area (Å²) in [5.41, 5.74) is 2.38. The van der Waals surface area contributed by atoms with Crippen molar-refractivity contribution in [2.45, 2.75) is 6.61 Å².